The second kappa shape index (κ2) is 11.0. The van der Waals surface area contributed by atoms with E-state index in [1.807, 2.05) is 49.5 Å². The molecule has 28 heavy (non-hydrogen) atoms. The molecule has 0 bridgehead atoms. The molecule has 1 aromatic heterocycles. The first-order chi connectivity index (χ1) is 13.6. The fourth-order valence-corrected chi connectivity index (χ4v) is 2.68. The van der Waals surface area contributed by atoms with Crippen LogP contribution in [0.3, 0.4) is 0 Å². The highest BCUT2D eigenvalue weighted by molar-refractivity contribution is 5.79. The van der Waals surface area contributed by atoms with Gasteiger partial charge in [-0.15, -0.1) is 0 Å². The summed E-state index contributed by atoms with van der Waals surface area (Å²) in [4.78, 5) is 11.0. The first kappa shape index (κ1) is 21.3. The van der Waals surface area contributed by atoms with Gasteiger partial charge in [0, 0.05) is 33.4 Å². The Balaban J connectivity index is 1.95. The Morgan fingerprint density at radius 2 is 1.82 bits per heavy atom. The number of hydrogen-bond donors (Lipinski definition) is 2. The number of aliphatic imine (C=N–C) groups is 1. The monoisotopic (exact) mass is 385 g/mol. The van der Waals surface area contributed by atoms with Gasteiger partial charge in [-0.2, -0.15) is 0 Å². The molecule has 0 aliphatic carbocycles. The standard InChI is InChI=1S/C21H31N5O2/c1-6-22-21(25-15-17-10-11-23-20(14-17)26(2)3)24-12-9-16-7-8-18(27-4)19(13-16)28-5/h7-8,10-11,13-14H,6,9,12,15H2,1-5H3,(H2,22,24,25). The third-order valence-corrected chi connectivity index (χ3v) is 4.19. The van der Waals surface area contributed by atoms with Gasteiger partial charge >= 0.3 is 0 Å². The van der Waals surface area contributed by atoms with Crippen molar-refractivity contribution in [3.05, 3.63) is 47.7 Å². The normalized spacial score (nSPS) is 11.1. The third-order valence-electron chi connectivity index (χ3n) is 4.19. The number of pyridine rings is 1. The number of hydrogen-bond acceptors (Lipinski definition) is 5. The number of aromatic nitrogens is 1. The van der Waals surface area contributed by atoms with Crippen LogP contribution in [0.2, 0.25) is 0 Å². The van der Waals surface area contributed by atoms with E-state index in [0.717, 1.165) is 48.4 Å². The Hall–Kier alpha value is -2.96. The molecule has 2 aromatic rings. The van der Waals surface area contributed by atoms with E-state index < -0.39 is 0 Å². The average Bonchev–Trinajstić information content (AvgIpc) is 2.72. The maximum Gasteiger partial charge on any atom is 0.191 e. The molecular formula is C21H31N5O2. The van der Waals surface area contributed by atoms with Crippen LogP contribution in [0.1, 0.15) is 18.1 Å². The molecule has 0 spiro atoms. The van der Waals surface area contributed by atoms with E-state index >= 15 is 0 Å². The topological polar surface area (TPSA) is 71.0 Å². The summed E-state index contributed by atoms with van der Waals surface area (Å²) < 4.78 is 10.7. The van der Waals surface area contributed by atoms with Crippen LogP contribution in [-0.4, -0.2) is 52.3 Å². The molecule has 1 aromatic carbocycles. The van der Waals surface area contributed by atoms with Crippen molar-refractivity contribution in [3.63, 3.8) is 0 Å². The van der Waals surface area contributed by atoms with E-state index in [1.165, 1.54) is 5.56 Å². The highest BCUT2D eigenvalue weighted by Crippen LogP contribution is 2.27. The number of nitrogens with zero attached hydrogens (tertiary/aromatic N) is 3. The number of methoxy groups -OCH3 is 2. The molecule has 0 saturated carbocycles. The molecular weight excluding hydrogens is 354 g/mol. The molecule has 0 saturated heterocycles. The predicted octanol–water partition coefficient (Wildman–Crippen LogP) is 2.46. The van der Waals surface area contributed by atoms with E-state index in [4.69, 9.17) is 9.47 Å². The van der Waals surface area contributed by atoms with Crippen molar-refractivity contribution in [2.75, 3.05) is 46.3 Å². The third kappa shape index (κ3) is 6.33. The van der Waals surface area contributed by atoms with Crippen LogP contribution >= 0.6 is 0 Å². The first-order valence-corrected chi connectivity index (χ1v) is 9.42. The lowest BCUT2D eigenvalue weighted by molar-refractivity contribution is 0.354. The molecule has 0 fully saturated rings. The van der Waals surface area contributed by atoms with E-state index in [2.05, 4.69) is 33.6 Å². The van der Waals surface area contributed by atoms with Crippen LogP contribution in [-0.2, 0) is 13.0 Å². The summed E-state index contributed by atoms with van der Waals surface area (Å²) in [6, 6.07) is 10.0. The van der Waals surface area contributed by atoms with Crippen LogP contribution in [0.4, 0.5) is 5.82 Å². The maximum atomic E-state index is 5.37. The number of benzene rings is 1. The second-order valence-electron chi connectivity index (χ2n) is 6.48. The lowest BCUT2D eigenvalue weighted by Gasteiger charge is -2.13. The molecule has 2 N–H and O–H groups in total. The van der Waals surface area contributed by atoms with Crippen molar-refractivity contribution in [2.45, 2.75) is 19.9 Å². The highest BCUT2D eigenvalue weighted by Gasteiger charge is 2.05. The van der Waals surface area contributed by atoms with Crippen LogP contribution in [0, 0.1) is 0 Å². The van der Waals surface area contributed by atoms with Gasteiger partial charge in [0.1, 0.15) is 5.82 Å². The summed E-state index contributed by atoms with van der Waals surface area (Å²) in [5, 5.41) is 6.67. The molecule has 0 aliphatic heterocycles. The van der Waals surface area contributed by atoms with Crippen molar-refractivity contribution in [3.8, 4) is 11.5 Å². The van der Waals surface area contributed by atoms with Crippen molar-refractivity contribution < 1.29 is 9.47 Å². The van der Waals surface area contributed by atoms with Crippen molar-refractivity contribution in [2.24, 2.45) is 4.99 Å². The number of rotatable bonds is 9. The molecule has 0 atom stereocenters. The predicted molar refractivity (Wildman–Crippen MR) is 115 cm³/mol. The van der Waals surface area contributed by atoms with E-state index in [9.17, 15) is 0 Å². The summed E-state index contributed by atoms with van der Waals surface area (Å²) in [7, 11) is 7.25. The number of nitrogens with one attached hydrogen (secondary N) is 2. The summed E-state index contributed by atoms with van der Waals surface area (Å²) in [5.74, 6) is 3.21. The minimum atomic E-state index is 0.592. The van der Waals surface area contributed by atoms with Gasteiger partial charge in [-0.1, -0.05) is 6.07 Å². The molecule has 0 radical (unpaired) electrons. The van der Waals surface area contributed by atoms with Gasteiger partial charge in [0.05, 0.1) is 20.8 Å². The lowest BCUT2D eigenvalue weighted by atomic mass is 10.1. The molecule has 2 rings (SSSR count). The first-order valence-electron chi connectivity index (χ1n) is 9.42. The van der Waals surface area contributed by atoms with Gasteiger partial charge in [0.25, 0.3) is 0 Å². The summed E-state index contributed by atoms with van der Waals surface area (Å²) >= 11 is 0. The van der Waals surface area contributed by atoms with E-state index in [-0.39, 0.29) is 0 Å². The fourth-order valence-electron chi connectivity index (χ4n) is 2.68. The molecule has 1 heterocycles. The molecule has 152 valence electrons. The number of anilines is 1. The van der Waals surface area contributed by atoms with Crippen molar-refractivity contribution >= 4 is 11.8 Å². The fraction of sp³-hybridized carbons (Fsp3) is 0.429. The highest BCUT2D eigenvalue weighted by atomic mass is 16.5. The van der Waals surface area contributed by atoms with Gasteiger partial charge in [-0.05, 0) is 48.7 Å². The Morgan fingerprint density at radius 3 is 2.50 bits per heavy atom. The minimum Gasteiger partial charge on any atom is -0.493 e. The van der Waals surface area contributed by atoms with Crippen LogP contribution in [0.15, 0.2) is 41.5 Å². The Bertz CT molecular complexity index is 777. The van der Waals surface area contributed by atoms with E-state index in [0.29, 0.717) is 6.54 Å². The zero-order valence-corrected chi connectivity index (χ0v) is 17.5. The zero-order valence-electron chi connectivity index (χ0n) is 17.5. The average molecular weight is 386 g/mol. The van der Waals surface area contributed by atoms with E-state index in [1.54, 1.807) is 14.2 Å². The maximum absolute atomic E-state index is 5.37. The zero-order chi connectivity index (χ0) is 20.4. The van der Waals surface area contributed by atoms with Gasteiger partial charge in [-0.25, -0.2) is 9.98 Å². The van der Waals surface area contributed by atoms with Gasteiger partial charge in [0.2, 0.25) is 0 Å². The Kier molecular flexibility index (Phi) is 8.39. The molecule has 0 amide bonds. The summed E-state index contributed by atoms with van der Waals surface area (Å²) in [6.45, 7) is 4.22. The van der Waals surface area contributed by atoms with Crippen molar-refractivity contribution in [1.29, 1.82) is 0 Å². The summed E-state index contributed by atoms with van der Waals surface area (Å²) in [6.07, 6.45) is 2.67. The van der Waals surface area contributed by atoms with Gasteiger partial charge in [0.15, 0.2) is 17.5 Å². The van der Waals surface area contributed by atoms with Crippen LogP contribution in [0.5, 0.6) is 11.5 Å². The SMILES string of the molecule is CCNC(=NCc1ccnc(N(C)C)c1)NCCc1ccc(OC)c(OC)c1. The summed E-state index contributed by atoms with van der Waals surface area (Å²) in [5.41, 5.74) is 2.29. The largest absolute Gasteiger partial charge is 0.493 e. The molecule has 0 aliphatic rings. The number of guanidine groups is 1. The molecule has 7 nitrogen and oxygen atoms in total. The quantitative estimate of drug-likeness (QED) is 0.510. The smallest absolute Gasteiger partial charge is 0.191 e. The minimum absolute atomic E-state index is 0.592. The van der Waals surface area contributed by atoms with Gasteiger partial charge < -0.3 is 25.0 Å². The lowest BCUT2D eigenvalue weighted by Crippen LogP contribution is -2.38. The van der Waals surface area contributed by atoms with Gasteiger partial charge in [-0.3, -0.25) is 0 Å². The Morgan fingerprint density at radius 1 is 1.04 bits per heavy atom. The van der Waals surface area contributed by atoms with Crippen molar-refractivity contribution in [1.82, 2.24) is 15.6 Å². The Labute approximate surface area is 167 Å². The molecule has 7 heteroatoms. The second-order valence-corrected chi connectivity index (χ2v) is 6.48. The van der Waals surface area contributed by atoms with Crippen LogP contribution in [0.25, 0.3) is 0 Å². The molecule has 0 unspecified atom stereocenters. The van der Waals surface area contributed by atoms with Crippen LogP contribution < -0.4 is 25.0 Å². The number of ether oxygens (including phenoxy) is 2.